The van der Waals surface area contributed by atoms with Crippen LogP contribution in [0.4, 0.5) is 5.69 Å². The average Bonchev–Trinajstić information content (AvgIpc) is 3.07. The number of nitrogens with zero attached hydrogens (tertiary/aromatic N) is 2. The van der Waals surface area contributed by atoms with E-state index in [1.807, 2.05) is 64.1 Å². The van der Waals surface area contributed by atoms with Gasteiger partial charge in [-0.2, -0.15) is 5.10 Å². The second kappa shape index (κ2) is 7.44. The number of anilines is 1. The standard InChI is InChI=1S/C21H23N3O2/c1-14-6-8-18(17(4)11-14)22-21(25)19-9-10-24(23-19)13-26-20-12-15(2)5-7-16(20)3/h5-12H,13H2,1-4H3,(H,22,25). The molecule has 0 atom stereocenters. The van der Waals surface area contributed by atoms with Gasteiger partial charge in [0, 0.05) is 11.9 Å². The molecule has 3 rings (SSSR count). The van der Waals surface area contributed by atoms with Gasteiger partial charge in [0.15, 0.2) is 12.4 Å². The van der Waals surface area contributed by atoms with Crippen LogP contribution < -0.4 is 10.1 Å². The van der Waals surface area contributed by atoms with E-state index >= 15 is 0 Å². The van der Waals surface area contributed by atoms with Crippen LogP contribution in [-0.4, -0.2) is 15.7 Å². The molecule has 0 saturated heterocycles. The summed E-state index contributed by atoms with van der Waals surface area (Å²) in [5, 5.41) is 7.20. The Morgan fingerprint density at radius 3 is 2.50 bits per heavy atom. The Morgan fingerprint density at radius 1 is 1.00 bits per heavy atom. The van der Waals surface area contributed by atoms with Crippen LogP contribution >= 0.6 is 0 Å². The Kier molecular flexibility index (Phi) is 5.07. The molecule has 26 heavy (non-hydrogen) atoms. The average molecular weight is 349 g/mol. The zero-order valence-electron chi connectivity index (χ0n) is 15.5. The number of aromatic nitrogens is 2. The summed E-state index contributed by atoms with van der Waals surface area (Å²) in [6.45, 7) is 8.27. The van der Waals surface area contributed by atoms with Crippen molar-refractivity contribution in [3.8, 4) is 5.75 Å². The van der Waals surface area contributed by atoms with Crippen molar-refractivity contribution in [1.29, 1.82) is 0 Å². The van der Waals surface area contributed by atoms with Crippen molar-refractivity contribution in [2.75, 3.05) is 5.32 Å². The molecule has 1 heterocycles. The van der Waals surface area contributed by atoms with Crippen LogP contribution in [0.5, 0.6) is 5.75 Å². The summed E-state index contributed by atoms with van der Waals surface area (Å²) < 4.78 is 7.43. The van der Waals surface area contributed by atoms with Gasteiger partial charge in [-0.1, -0.05) is 29.8 Å². The molecule has 1 aromatic heterocycles. The molecule has 5 nitrogen and oxygen atoms in total. The molecule has 0 unspecified atom stereocenters. The lowest BCUT2D eigenvalue weighted by Gasteiger charge is -2.10. The molecular weight excluding hydrogens is 326 g/mol. The molecule has 0 aliphatic carbocycles. The Balaban J connectivity index is 1.65. The number of amides is 1. The Hall–Kier alpha value is -3.08. The highest BCUT2D eigenvalue weighted by Gasteiger charge is 2.11. The maximum atomic E-state index is 12.4. The third kappa shape index (κ3) is 4.11. The van der Waals surface area contributed by atoms with Gasteiger partial charge in [-0.15, -0.1) is 0 Å². The molecule has 134 valence electrons. The van der Waals surface area contributed by atoms with Gasteiger partial charge in [0.25, 0.3) is 5.91 Å². The van der Waals surface area contributed by atoms with E-state index in [1.54, 1.807) is 16.9 Å². The summed E-state index contributed by atoms with van der Waals surface area (Å²) in [7, 11) is 0. The van der Waals surface area contributed by atoms with Gasteiger partial charge in [-0.3, -0.25) is 4.79 Å². The lowest BCUT2D eigenvalue weighted by molar-refractivity contribution is 0.102. The summed E-state index contributed by atoms with van der Waals surface area (Å²) in [4.78, 5) is 12.4. The second-order valence-electron chi connectivity index (χ2n) is 6.56. The van der Waals surface area contributed by atoms with Gasteiger partial charge < -0.3 is 10.1 Å². The number of benzene rings is 2. The lowest BCUT2D eigenvalue weighted by atomic mass is 10.1. The zero-order chi connectivity index (χ0) is 18.7. The van der Waals surface area contributed by atoms with Gasteiger partial charge >= 0.3 is 0 Å². The number of rotatable bonds is 5. The molecule has 0 aliphatic heterocycles. The molecule has 1 amide bonds. The first-order valence-electron chi connectivity index (χ1n) is 8.54. The van der Waals surface area contributed by atoms with Gasteiger partial charge in [0.2, 0.25) is 0 Å². The molecule has 0 spiro atoms. The number of hydrogen-bond donors (Lipinski definition) is 1. The molecule has 3 aromatic rings. The maximum absolute atomic E-state index is 12.4. The van der Waals surface area contributed by atoms with Crippen molar-refractivity contribution < 1.29 is 9.53 Å². The number of ether oxygens (including phenoxy) is 1. The smallest absolute Gasteiger partial charge is 0.276 e. The zero-order valence-corrected chi connectivity index (χ0v) is 15.5. The van der Waals surface area contributed by atoms with E-state index in [9.17, 15) is 4.79 Å². The fourth-order valence-corrected chi connectivity index (χ4v) is 2.69. The minimum absolute atomic E-state index is 0.234. The van der Waals surface area contributed by atoms with Crippen LogP contribution in [0.2, 0.25) is 0 Å². The normalized spacial score (nSPS) is 10.6. The van der Waals surface area contributed by atoms with E-state index < -0.39 is 0 Å². The van der Waals surface area contributed by atoms with E-state index in [0.29, 0.717) is 5.69 Å². The summed E-state index contributed by atoms with van der Waals surface area (Å²) >= 11 is 0. The van der Waals surface area contributed by atoms with Crippen LogP contribution in [0.25, 0.3) is 0 Å². The second-order valence-corrected chi connectivity index (χ2v) is 6.56. The largest absolute Gasteiger partial charge is 0.471 e. The van der Waals surface area contributed by atoms with E-state index in [1.165, 1.54) is 0 Å². The van der Waals surface area contributed by atoms with Crippen LogP contribution in [0.3, 0.4) is 0 Å². The molecule has 0 radical (unpaired) electrons. The van der Waals surface area contributed by atoms with E-state index in [-0.39, 0.29) is 12.6 Å². The first-order valence-corrected chi connectivity index (χ1v) is 8.54. The van der Waals surface area contributed by atoms with E-state index in [0.717, 1.165) is 33.7 Å². The third-order valence-corrected chi connectivity index (χ3v) is 4.20. The van der Waals surface area contributed by atoms with Gasteiger partial charge in [0.1, 0.15) is 5.75 Å². The topological polar surface area (TPSA) is 56.2 Å². The number of carbonyl (C=O) groups excluding carboxylic acids is 1. The Bertz CT molecular complexity index is 944. The van der Waals surface area contributed by atoms with Gasteiger partial charge in [-0.05, 0) is 62.6 Å². The van der Waals surface area contributed by atoms with Gasteiger partial charge in [-0.25, -0.2) is 4.68 Å². The number of hydrogen-bond acceptors (Lipinski definition) is 3. The first-order chi connectivity index (χ1) is 12.4. The number of carbonyl (C=O) groups is 1. The molecule has 0 fully saturated rings. The monoisotopic (exact) mass is 349 g/mol. The van der Waals surface area contributed by atoms with Crippen molar-refractivity contribution in [3.05, 3.63) is 76.6 Å². The predicted molar refractivity (Wildman–Crippen MR) is 103 cm³/mol. The Labute approximate surface area is 153 Å². The number of nitrogens with one attached hydrogen (secondary N) is 1. The molecule has 0 bridgehead atoms. The van der Waals surface area contributed by atoms with Crippen molar-refractivity contribution in [2.24, 2.45) is 0 Å². The molecule has 0 saturated carbocycles. The molecular formula is C21H23N3O2. The minimum atomic E-state index is -0.234. The molecule has 0 aliphatic rings. The van der Waals surface area contributed by atoms with Crippen LogP contribution in [0.1, 0.15) is 32.7 Å². The lowest BCUT2D eigenvalue weighted by Crippen LogP contribution is -2.15. The third-order valence-electron chi connectivity index (χ3n) is 4.20. The first kappa shape index (κ1) is 17.7. The summed E-state index contributed by atoms with van der Waals surface area (Å²) in [5.74, 6) is 0.587. The van der Waals surface area contributed by atoms with E-state index in [4.69, 9.17) is 4.74 Å². The fourth-order valence-electron chi connectivity index (χ4n) is 2.69. The molecule has 5 heteroatoms. The highest BCUT2D eigenvalue weighted by molar-refractivity contribution is 6.03. The van der Waals surface area contributed by atoms with Crippen LogP contribution in [0, 0.1) is 27.7 Å². The van der Waals surface area contributed by atoms with E-state index in [2.05, 4.69) is 10.4 Å². The highest BCUT2D eigenvalue weighted by atomic mass is 16.5. The maximum Gasteiger partial charge on any atom is 0.276 e. The summed E-state index contributed by atoms with van der Waals surface area (Å²) in [5.41, 5.74) is 5.54. The molecule has 1 N–H and O–H groups in total. The predicted octanol–water partition coefficient (Wildman–Crippen LogP) is 4.41. The van der Waals surface area contributed by atoms with Gasteiger partial charge in [0.05, 0.1) is 0 Å². The minimum Gasteiger partial charge on any atom is -0.471 e. The Morgan fingerprint density at radius 2 is 1.73 bits per heavy atom. The van der Waals surface area contributed by atoms with Crippen molar-refractivity contribution in [2.45, 2.75) is 34.4 Å². The SMILES string of the molecule is Cc1ccc(NC(=O)c2ccn(COc3cc(C)ccc3C)n2)c(C)c1. The summed E-state index contributed by atoms with van der Waals surface area (Å²) in [6, 6.07) is 13.7. The van der Waals surface area contributed by atoms with Crippen LogP contribution in [-0.2, 0) is 6.73 Å². The fraction of sp³-hybridized carbons (Fsp3) is 0.238. The highest BCUT2D eigenvalue weighted by Crippen LogP contribution is 2.20. The van der Waals surface area contributed by atoms with Crippen LogP contribution in [0.15, 0.2) is 48.7 Å². The quantitative estimate of drug-likeness (QED) is 0.742. The van der Waals surface area contributed by atoms with Crippen molar-refractivity contribution in [3.63, 3.8) is 0 Å². The van der Waals surface area contributed by atoms with Crippen molar-refractivity contribution >= 4 is 11.6 Å². The van der Waals surface area contributed by atoms with Crippen molar-refractivity contribution in [1.82, 2.24) is 9.78 Å². The summed E-state index contributed by atoms with van der Waals surface area (Å²) in [6.07, 6.45) is 1.74. The molecule has 2 aromatic carbocycles. The number of aryl methyl sites for hydroxylation is 4.